The number of rotatable bonds is 7. The van der Waals surface area contributed by atoms with Gasteiger partial charge in [0.05, 0.1) is 12.2 Å². The lowest BCUT2D eigenvalue weighted by Gasteiger charge is -2.34. The van der Waals surface area contributed by atoms with Crippen molar-refractivity contribution in [3.63, 3.8) is 0 Å². The van der Waals surface area contributed by atoms with Gasteiger partial charge in [-0.15, -0.1) is 0 Å². The van der Waals surface area contributed by atoms with Crippen LogP contribution >= 0.6 is 0 Å². The molecule has 9 nitrogen and oxygen atoms in total. The third-order valence-electron chi connectivity index (χ3n) is 5.23. The van der Waals surface area contributed by atoms with Gasteiger partial charge in [-0.1, -0.05) is 6.42 Å². The van der Waals surface area contributed by atoms with Gasteiger partial charge in [-0.2, -0.15) is 9.40 Å². The van der Waals surface area contributed by atoms with E-state index in [4.69, 9.17) is 10.5 Å². The predicted octanol–water partition coefficient (Wildman–Crippen LogP) is 0.243. The van der Waals surface area contributed by atoms with Crippen LogP contribution in [0.15, 0.2) is 17.3 Å². The number of nitrogens with zero attached hydrogens (tertiary/aromatic N) is 3. The number of aromatic nitrogens is 2. The van der Waals surface area contributed by atoms with Gasteiger partial charge in [0.2, 0.25) is 15.9 Å². The molecule has 2 aliphatic rings. The van der Waals surface area contributed by atoms with Crippen LogP contribution in [0.2, 0.25) is 0 Å². The third-order valence-corrected chi connectivity index (χ3v) is 7.13. The Bertz CT molecular complexity index is 729. The molecule has 0 spiro atoms. The fraction of sp³-hybridized carbons (Fsp3) is 0.765. The van der Waals surface area contributed by atoms with Crippen LogP contribution in [0.1, 0.15) is 44.6 Å². The molecule has 3 N–H and O–H groups in total. The van der Waals surface area contributed by atoms with Crippen LogP contribution in [0.3, 0.4) is 0 Å². The van der Waals surface area contributed by atoms with Crippen molar-refractivity contribution < 1.29 is 17.9 Å². The second-order valence-corrected chi connectivity index (χ2v) is 9.00. The minimum Gasteiger partial charge on any atom is -0.381 e. The van der Waals surface area contributed by atoms with Crippen LogP contribution in [0.5, 0.6) is 0 Å². The molecule has 3 rings (SSSR count). The first-order chi connectivity index (χ1) is 13.0. The molecule has 152 valence electrons. The summed E-state index contributed by atoms with van der Waals surface area (Å²) in [4.78, 5) is 11.9. The Kier molecular flexibility index (Phi) is 6.85. The lowest BCUT2D eigenvalue weighted by atomic mass is 10.1. The van der Waals surface area contributed by atoms with Crippen molar-refractivity contribution in [1.82, 2.24) is 19.4 Å². The van der Waals surface area contributed by atoms with E-state index in [-0.39, 0.29) is 35.9 Å². The van der Waals surface area contributed by atoms with Crippen LogP contribution in [-0.2, 0) is 19.6 Å². The minimum atomic E-state index is -3.65. The minimum absolute atomic E-state index is 0.146. The molecule has 0 aromatic carbocycles. The maximum Gasteiger partial charge on any atom is 0.246 e. The quantitative estimate of drug-likeness (QED) is 0.678. The monoisotopic (exact) mass is 399 g/mol. The van der Waals surface area contributed by atoms with E-state index in [1.807, 2.05) is 0 Å². The highest BCUT2D eigenvalue weighted by Crippen LogP contribution is 2.27. The number of nitrogens with one attached hydrogen (secondary N) is 1. The average Bonchev–Trinajstić information content (AvgIpc) is 3.19. The molecular weight excluding hydrogens is 370 g/mol. The van der Waals surface area contributed by atoms with E-state index in [1.54, 1.807) is 10.9 Å². The van der Waals surface area contributed by atoms with Gasteiger partial charge in [-0.25, -0.2) is 8.42 Å². The highest BCUT2D eigenvalue weighted by Gasteiger charge is 2.34. The number of amides is 1. The summed E-state index contributed by atoms with van der Waals surface area (Å²) in [6, 6.07) is -0.0627. The lowest BCUT2D eigenvalue weighted by molar-refractivity contribution is -0.121. The molecule has 10 heteroatoms. The smallest absolute Gasteiger partial charge is 0.246 e. The number of carbonyl (C=O) groups is 1. The topological polar surface area (TPSA) is 120 Å². The van der Waals surface area contributed by atoms with Crippen LogP contribution in [0, 0.1) is 0 Å². The van der Waals surface area contributed by atoms with E-state index >= 15 is 0 Å². The van der Waals surface area contributed by atoms with Gasteiger partial charge in [0, 0.05) is 51.5 Å². The number of carbonyl (C=O) groups excluding carboxylic acids is 1. The van der Waals surface area contributed by atoms with Crippen molar-refractivity contribution in [2.75, 3.05) is 32.8 Å². The fourth-order valence-corrected chi connectivity index (χ4v) is 5.32. The molecule has 1 aromatic rings. The Morgan fingerprint density at radius 1 is 1.30 bits per heavy atom. The second-order valence-electron chi connectivity index (χ2n) is 7.11. The van der Waals surface area contributed by atoms with Crippen molar-refractivity contribution in [3.05, 3.63) is 12.4 Å². The maximum absolute atomic E-state index is 13.2. The van der Waals surface area contributed by atoms with Gasteiger partial charge in [-0.05, 0) is 25.7 Å². The number of hydrogen-bond acceptors (Lipinski definition) is 6. The number of ether oxygens (including phenoxy) is 1. The molecule has 1 unspecified atom stereocenters. The van der Waals surface area contributed by atoms with Crippen molar-refractivity contribution in [2.45, 2.75) is 55.5 Å². The third kappa shape index (κ3) is 4.87. The zero-order valence-electron chi connectivity index (χ0n) is 15.5. The molecule has 2 aliphatic heterocycles. The van der Waals surface area contributed by atoms with Gasteiger partial charge in [-0.3, -0.25) is 9.48 Å². The van der Waals surface area contributed by atoms with E-state index in [2.05, 4.69) is 10.4 Å². The molecule has 0 aliphatic carbocycles. The summed E-state index contributed by atoms with van der Waals surface area (Å²) in [5.74, 6) is -0.146. The summed E-state index contributed by atoms with van der Waals surface area (Å²) in [5.41, 5.74) is 5.39. The summed E-state index contributed by atoms with van der Waals surface area (Å²) < 4.78 is 35.0. The highest BCUT2D eigenvalue weighted by molar-refractivity contribution is 7.89. The molecular formula is C17H29N5O4S. The number of piperidine rings is 1. The second kappa shape index (κ2) is 9.13. The van der Waals surface area contributed by atoms with Gasteiger partial charge in [0.25, 0.3) is 0 Å². The van der Waals surface area contributed by atoms with Gasteiger partial charge < -0.3 is 15.8 Å². The first-order valence-electron chi connectivity index (χ1n) is 9.63. The van der Waals surface area contributed by atoms with E-state index < -0.39 is 10.0 Å². The zero-order chi connectivity index (χ0) is 19.3. The molecule has 1 aromatic heterocycles. The summed E-state index contributed by atoms with van der Waals surface area (Å²) in [7, 11) is -3.65. The Morgan fingerprint density at radius 3 is 2.81 bits per heavy atom. The molecule has 1 atom stereocenters. The summed E-state index contributed by atoms with van der Waals surface area (Å²) in [6.07, 6.45) is 7.48. The van der Waals surface area contributed by atoms with Crippen molar-refractivity contribution in [1.29, 1.82) is 0 Å². The average molecular weight is 400 g/mol. The summed E-state index contributed by atoms with van der Waals surface area (Å²) >= 11 is 0. The lowest BCUT2D eigenvalue weighted by Crippen LogP contribution is -2.49. The van der Waals surface area contributed by atoms with E-state index in [9.17, 15) is 13.2 Å². The summed E-state index contributed by atoms with van der Waals surface area (Å²) in [6.45, 7) is 2.39. The summed E-state index contributed by atoms with van der Waals surface area (Å²) in [5, 5.41) is 7.10. The van der Waals surface area contributed by atoms with Crippen LogP contribution in [0.25, 0.3) is 0 Å². The van der Waals surface area contributed by atoms with Gasteiger partial charge >= 0.3 is 0 Å². The Morgan fingerprint density at radius 2 is 2.07 bits per heavy atom. The Labute approximate surface area is 160 Å². The first kappa shape index (κ1) is 20.2. The molecule has 0 bridgehead atoms. The molecule has 2 fully saturated rings. The maximum atomic E-state index is 13.2. The van der Waals surface area contributed by atoms with Crippen LogP contribution in [0.4, 0.5) is 0 Å². The molecule has 27 heavy (non-hydrogen) atoms. The van der Waals surface area contributed by atoms with E-state index in [0.717, 1.165) is 32.1 Å². The normalized spacial score (nSPS) is 22.6. The van der Waals surface area contributed by atoms with E-state index in [0.29, 0.717) is 26.3 Å². The molecule has 2 saturated heterocycles. The Hall–Kier alpha value is -1.49. The number of hydrogen-bond donors (Lipinski definition) is 2. The van der Waals surface area contributed by atoms with Crippen molar-refractivity contribution >= 4 is 15.9 Å². The zero-order valence-corrected chi connectivity index (χ0v) is 16.4. The molecule has 1 amide bonds. The molecule has 0 saturated carbocycles. The predicted molar refractivity (Wildman–Crippen MR) is 99.5 cm³/mol. The van der Waals surface area contributed by atoms with Gasteiger partial charge in [0.1, 0.15) is 4.90 Å². The number of sulfonamides is 1. The van der Waals surface area contributed by atoms with E-state index in [1.165, 1.54) is 10.5 Å². The fourth-order valence-electron chi connectivity index (χ4n) is 3.68. The van der Waals surface area contributed by atoms with Crippen LogP contribution < -0.4 is 11.1 Å². The SMILES string of the molecule is NCCC(=O)NCC1CCCCN1S(=O)(=O)c1cnn(C2CCOCC2)c1. The highest BCUT2D eigenvalue weighted by atomic mass is 32.2. The first-order valence-corrected chi connectivity index (χ1v) is 11.1. The standard InChI is InChI=1S/C17H29N5O4S/c18-7-4-17(23)19-11-15-3-1-2-8-22(15)27(24,25)16-12-20-21(13-16)14-5-9-26-10-6-14/h12-15H,1-11,18H2,(H,19,23). The van der Waals surface area contributed by atoms with Crippen molar-refractivity contribution in [2.24, 2.45) is 5.73 Å². The number of nitrogens with two attached hydrogens (primary N) is 1. The molecule has 0 radical (unpaired) electrons. The van der Waals surface area contributed by atoms with Crippen molar-refractivity contribution in [3.8, 4) is 0 Å². The van der Waals surface area contributed by atoms with Gasteiger partial charge in [0.15, 0.2) is 0 Å². The van der Waals surface area contributed by atoms with Crippen LogP contribution in [-0.4, -0.2) is 67.3 Å². The molecule has 3 heterocycles. The Balaban J connectivity index is 1.71. The largest absolute Gasteiger partial charge is 0.381 e.